The minimum absolute atomic E-state index is 0.0794. The van der Waals surface area contributed by atoms with Gasteiger partial charge in [0.25, 0.3) is 11.8 Å². The number of urea groups is 1. The van der Waals surface area contributed by atoms with Gasteiger partial charge in [-0.1, -0.05) is 37.5 Å². The van der Waals surface area contributed by atoms with Crippen molar-refractivity contribution in [1.29, 1.82) is 0 Å². The van der Waals surface area contributed by atoms with Crippen LogP contribution in [0.3, 0.4) is 0 Å². The van der Waals surface area contributed by atoms with Gasteiger partial charge in [0.05, 0.1) is 10.0 Å². The highest BCUT2D eigenvalue weighted by atomic mass is 79.9. The molecule has 8 nitrogen and oxygen atoms in total. The Hall–Kier alpha value is -3.46. The van der Waals surface area contributed by atoms with Crippen LogP contribution in [-0.2, 0) is 16.2 Å². The van der Waals surface area contributed by atoms with Crippen LogP contribution in [0.15, 0.2) is 52.5 Å². The molecule has 2 aromatic rings. The summed E-state index contributed by atoms with van der Waals surface area (Å²) < 4.78 is 6.43. The molecular weight excluding hydrogens is 504 g/mol. The first-order chi connectivity index (χ1) is 16.3. The van der Waals surface area contributed by atoms with Crippen molar-refractivity contribution in [2.24, 2.45) is 0 Å². The predicted octanol–water partition coefficient (Wildman–Crippen LogP) is 4.52. The zero-order valence-electron chi connectivity index (χ0n) is 18.3. The van der Waals surface area contributed by atoms with E-state index in [-0.39, 0.29) is 23.8 Å². The normalized spacial score (nSPS) is 18.2. The summed E-state index contributed by atoms with van der Waals surface area (Å²) in [6.45, 7) is 0.234. The number of benzene rings is 2. The molecule has 176 valence electrons. The van der Waals surface area contributed by atoms with E-state index >= 15 is 0 Å². The number of aromatic carboxylic acids is 1. The lowest BCUT2D eigenvalue weighted by Gasteiger charge is -2.35. The van der Waals surface area contributed by atoms with Gasteiger partial charge in [-0.25, -0.2) is 9.59 Å². The minimum Gasteiger partial charge on any atom is -0.488 e. The molecule has 2 aliphatic rings. The summed E-state index contributed by atoms with van der Waals surface area (Å²) in [4.78, 5) is 49.9. The number of nitrogens with zero attached hydrogens (tertiary/aromatic N) is 1. The molecule has 0 bridgehead atoms. The van der Waals surface area contributed by atoms with Crippen molar-refractivity contribution < 1.29 is 29.0 Å². The average Bonchev–Trinajstić information content (AvgIpc) is 2.82. The second-order valence-electron chi connectivity index (χ2n) is 8.26. The summed E-state index contributed by atoms with van der Waals surface area (Å²) in [5.74, 6) is -1.72. The number of hydrogen-bond acceptors (Lipinski definition) is 5. The number of carboxylic acids is 1. The summed E-state index contributed by atoms with van der Waals surface area (Å²) in [5.41, 5.74) is 1.53. The number of hydrogen-bond donors (Lipinski definition) is 2. The van der Waals surface area contributed by atoms with Gasteiger partial charge in [-0.15, -0.1) is 0 Å². The smallest absolute Gasteiger partial charge is 0.335 e. The maximum Gasteiger partial charge on any atom is 0.335 e. The second-order valence-corrected chi connectivity index (χ2v) is 9.12. The van der Waals surface area contributed by atoms with E-state index in [2.05, 4.69) is 21.2 Å². The number of carbonyl (C=O) groups is 4. The zero-order chi connectivity index (χ0) is 24.2. The van der Waals surface area contributed by atoms with Gasteiger partial charge in [0.1, 0.15) is 17.9 Å². The Morgan fingerprint density at radius 3 is 2.44 bits per heavy atom. The highest BCUT2D eigenvalue weighted by Crippen LogP contribution is 2.30. The summed E-state index contributed by atoms with van der Waals surface area (Å²) in [6, 6.07) is 10.7. The van der Waals surface area contributed by atoms with E-state index in [1.807, 2.05) is 0 Å². The van der Waals surface area contributed by atoms with Crippen LogP contribution in [0.5, 0.6) is 5.75 Å². The first-order valence-corrected chi connectivity index (χ1v) is 11.8. The minimum atomic E-state index is -0.990. The first-order valence-electron chi connectivity index (χ1n) is 11.0. The maximum absolute atomic E-state index is 13.0. The zero-order valence-corrected chi connectivity index (χ0v) is 19.8. The van der Waals surface area contributed by atoms with E-state index in [1.165, 1.54) is 23.1 Å². The summed E-state index contributed by atoms with van der Waals surface area (Å²) in [5, 5.41) is 11.3. The van der Waals surface area contributed by atoms with Gasteiger partial charge in [0.2, 0.25) is 0 Å². The number of rotatable bonds is 6. The van der Waals surface area contributed by atoms with Crippen molar-refractivity contribution in [2.75, 3.05) is 0 Å². The SMILES string of the molecule is O=C1NC(=O)N(C2CCCCC2)C(=O)C1=Cc1ccc(OCc2ccc(C(=O)O)cc2)c(Br)c1. The Morgan fingerprint density at radius 2 is 1.79 bits per heavy atom. The largest absolute Gasteiger partial charge is 0.488 e. The molecule has 4 amide bonds. The number of halogens is 1. The second kappa shape index (κ2) is 10.2. The standard InChI is InChI=1S/C25H23BrN2O6/c26-20-13-16(8-11-21(20)34-14-15-6-9-17(10-7-15)24(31)32)12-19-22(29)27-25(33)28(23(19)30)18-4-2-1-3-5-18/h6-13,18H,1-5,14H2,(H,31,32)(H,27,29,33). The molecule has 1 saturated heterocycles. The topological polar surface area (TPSA) is 113 Å². The van der Waals surface area contributed by atoms with Gasteiger partial charge >= 0.3 is 12.0 Å². The Morgan fingerprint density at radius 1 is 1.09 bits per heavy atom. The highest BCUT2D eigenvalue weighted by Gasteiger charge is 2.40. The fourth-order valence-corrected chi connectivity index (χ4v) is 4.65. The molecule has 0 aromatic heterocycles. The third-order valence-corrected chi connectivity index (χ3v) is 6.55. The van der Waals surface area contributed by atoms with Gasteiger partial charge < -0.3 is 9.84 Å². The van der Waals surface area contributed by atoms with Crippen LogP contribution in [0.1, 0.15) is 53.6 Å². The van der Waals surface area contributed by atoms with Gasteiger partial charge in [-0.3, -0.25) is 19.8 Å². The molecule has 1 aliphatic carbocycles. The monoisotopic (exact) mass is 526 g/mol. The van der Waals surface area contributed by atoms with Gasteiger partial charge in [0, 0.05) is 6.04 Å². The van der Waals surface area contributed by atoms with Crippen LogP contribution in [0.25, 0.3) is 6.08 Å². The van der Waals surface area contributed by atoms with Crippen LogP contribution in [0.4, 0.5) is 4.79 Å². The lowest BCUT2D eigenvalue weighted by Crippen LogP contribution is -2.58. The third-order valence-electron chi connectivity index (χ3n) is 5.94. The van der Waals surface area contributed by atoms with E-state index in [0.29, 0.717) is 15.8 Å². The van der Waals surface area contributed by atoms with Gasteiger partial charge in [-0.2, -0.15) is 0 Å². The van der Waals surface area contributed by atoms with Crippen LogP contribution in [-0.4, -0.2) is 39.9 Å². The summed E-state index contributed by atoms with van der Waals surface area (Å²) >= 11 is 3.45. The molecule has 0 radical (unpaired) electrons. The first kappa shape index (κ1) is 23.7. The van der Waals surface area contributed by atoms with E-state index < -0.39 is 23.8 Å². The molecule has 2 N–H and O–H groups in total. The number of barbiturate groups is 1. The molecule has 0 spiro atoms. The molecular formula is C25H23BrN2O6. The number of ether oxygens (including phenoxy) is 1. The van der Waals surface area contributed by atoms with E-state index in [0.717, 1.165) is 37.7 Å². The van der Waals surface area contributed by atoms with Crippen LogP contribution in [0.2, 0.25) is 0 Å². The van der Waals surface area contributed by atoms with Gasteiger partial charge in [0.15, 0.2) is 0 Å². The lowest BCUT2D eigenvalue weighted by atomic mass is 9.93. The van der Waals surface area contributed by atoms with E-state index in [4.69, 9.17) is 9.84 Å². The molecule has 1 heterocycles. The van der Waals surface area contributed by atoms with Crippen LogP contribution in [0, 0.1) is 0 Å². The van der Waals surface area contributed by atoms with Crippen molar-refractivity contribution >= 4 is 45.8 Å². The van der Waals surface area contributed by atoms with Crippen molar-refractivity contribution in [2.45, 2.75) is 44.8 Å². The maximum atomic E-state index is 13.0. The van der Waals surface area contributed by atoms with Crippen molar-refractivity contribution in [3.8, 4) is 5.75 Å². The van der Waals surface area contributed by atoms with Crippen LogP contribution < -0.4 is 10.1 Å². The highest BCUT2D eigenvalue weighted by molar-refractivity contribution is 9.10. The third kappa shape index (κ3) is 5.20. The predicted molar refractivity (Wildman–Crippen MR) is 127 cm³/mol. The molecule has 0 atom stereocenters. The molecule has 2 aromatic carbocycles. The molecule has 1 saturated carbocycles. The molecule has 1 aliphatic heterocycles. The number of nitrogens with one attached hydrogen (secondary N) is 1. The molecule has 0 unspecified atom stereocenters. The Bertz CT molecular complexity index is 1170. The Labute approximate surface area is 204 Å². The summed E-state index contributed by atoms with van der Waals surface area (Å²) in [6.07, 6.45) is 5.95. The lowest BCUT2D eigenvalue weighted by molar-refractivity contribution is -0.132. The number of amides is 4. The molecule has 4 rings (SSSR count). The number of carbonyl (C=O) groups excluding carboxylic acids is 3. The quantitative estimate of drug-likeness (QED) is 0.422. The fourth-order valence-electron chi connectivity index (χ4n) is 4.14. The van der Waals surface area contributed by atoms with Crippen LogP contribution >= 0.6 is 15.9 Å². The number of carboxylic acid groups (broad SMARTS) is 1. The van der Waals surface area contributed by atoms with Gasteiger partial charge in [-0.05, 0) is 70.2 Å². The van der Waals surface area contributed by atoms with E-state index in [9.17, 15) is 19.2 Å². The number of imide groups is 2. The van der Waals surface area contributed by atoms with Crippen molar-refractivity contribution in [3.05, 3.63) is 69.2 Å². The summed E-state index contributed by atoms with van der Waals surface area (Å²) in [7, 11) is 0. The average molecular weight is 527 g/mol. The molecule has 9 heteroatoms. The Kier molecular flexibility index (Phi) is 7.12. The van der Waals surface area contributed by atoms with Crippen molar-refractivity contribution in [1.82, 2.24) is 10.2 Å². The fraction of sp³-hybridized carbons (Fsp3) is 0.280. The Balaban J connectivity index is 1.48. The van der Waals surface area contributed by atoms with E-state index in [1.54, 1.807) is 30.3 Å². The molecule has 2 fully saturated rings. The van der Waals surface area contributed by atoms with Crippen molar-refractivity contribution in [3.63, 3.8) is 0 Å². The molecule has 34 heavy (non-hydrogen) atoms.